The zero-order valence-corrected chi connectivity index (χ0v) is 20.0. The van der Waals surface area contributed by atoms with Crippen molar-refractivity contribution in [2.45, 2.75) is 25.8 Å². The molecule has 5 N–H and O–H groups in total. The van der Waals surface area contributed by atoms with Crippen molar-refractivity contribution >= 4 is 40.4 Å². The number of hydrogen-bond acceptors (Lipinski definition) is 6. The monoisotopic (exact) mass is 504 g/mol. The van der Waals surface area contributed by atoms with Crippen LogP contribution in [0.15, 0.2) is 48.8 Å². The van der Waals surface area contributed by atoms with Crippen molar-refractivity contribution in [1.82, 2.24) is 24.6 Å². The number of nitrogens with one attached hydrogen (secondary N) is 2. The molecule has 1 fully saturated rings. The predicted octanol–water partition coefficient (Wildman–Crippen LogP) is 4.48. The van der Waals surface area contributed by atoms with Gasteiger partial charge in [0.05, 0.1) is 17.1 Å². The largest absolute Gasteiger partial charge is 0.465 e. The molecule has 0 unspecified atom stereocenters. The summed E-state index contributed by atoms with van der Waals surface area (Å²) in [6.07, 6.45) is 1.50. The highest BCUT2D eigenvalue weighted by Gasteiger charge is 2.28. The van der Waals surface area contributed by atoms with E-state index in [2.05, 4.69) is 20.6 Å². The Bertz CT molecular complexity index is 1500. The number of nitrogen functional groups attached to an aromatic ring is 1. The summed E-state index contributed by atoms with van der Waals surface area (Å²) in [6.45, 7) is 2.65. The number of likely N-dealkylation sites (tertiary alicyclic amines) is 1. The molecule has 0 radical (unpaired) electrons. The number of carbonyl (C=O) groups excluding carboxylic acids is 1. The van der Waals surface area contributed by atoms with Gasteiger partial charge in [0, 0.05) is 24.3 Å². The summed E-state index contributed by atoms with van der Waals surface area (Å²) in [5.41, 5.74) is 9.09. The minimum Gasteiger partial charge on any atom is -0.465 e. The Kier molecular flexibility index (Phi) is 6.30. The number of anilines is 3. The number of nitrogens with zero attached hydrogens (tertiary/aromatic N) is 5. The molecule has 190 valence electrons. The summed E-state index contributed by atoms with van der Waals surface area (Å²) in [7, 11) is 0. The van der Waals surface area contributed by atoms with Crippen molar-refractivity contribution in [2.75, 3.05) is 29.5 Å². The SMILES string of the molecule is Cc1cccc(NC(=O)Nc2ccc(-c3nn(C4CCN(C(=O)O)CC4)c4ncnc(N)c34)cc2F)c1. The Labute approximate surface area is 211 Å². The average Bonchev–Trinajstić information content (AvgIpc) is 3.26. The van der Waals surface area contributed by atoms with E-state index >= 15 is 4.39 Å². The number of urea groups is 1. The maximum Gasteiger partial charge on any atom is 0.407 e. The van der Waals surface area contributed by atoms with Gasteiger partial charge in [0.15, 0.2) is 5.65 Å². The number of fused-ring (bicyclic) bond motifs is 1. The molecule has 3 amide bonds. The predicted molar refractivity (Wildman–Crippen MR) is 137 cm³/mol. The topological polar surface area (TPSA) is 151 Å². The maximum absolute atomic E-state index is 15.1. The van der Waals surface area contributed by atoms with E-state index in [0.717, 1.165) is 5.56 Å². The fraction of sp³-hybridized carbons (Fsp3) is 0.240. The van der Waals surface area contributed by atoms with Gasteiger partial charge in [-0.3, -0.25) is 0 Å². The number of halogens is 1. The lowest BCUT2D eigenvalue weighted by Crippen LogP contribution is -2.38. The lowest BCUT2D eigenvalue weighted by Gasteiger charge is -2.30. The van der Waals surface area contributed by atoms with Crippen LogP contribution in [0, 0.1) is 12.7 Å². The fourth-order valence-corrected chi connectivity index (χ4v) is 4.53. The van der Waals surface area contributed by atoms with Crippen LogP contribution in [0.3, 0.4) is 0 Å². The molecule has 2 aromatic heterocycles. The van der Waals surface area contributed by atoms with Crippen LogP contribution in [0.2, 0.25) is 0 Å². The third kappa shape index (κ3) is 4.85. The molecule has 0 aliphatic carbocycles. The number of aryl methyl sites for hydroxylation is 1. The Balaban J connectivity index is 1.41. The summed E-state index contributed by atoms with van der Waals surface area (Å²) < 4.78 is 16.8. The Morgan fingerprint density at radius 2 is 1.89 bits per heavy atom. The number of amides is 3. The van der Waals surface area contributed by atoms with Crippen molar-refractivity contribution in [3.8, 4) is 11.3 Å². The van der Waals surface area contributed by atoms with Crippen LogP contribution in [-0.2, 0) is 0 Å². The molecule has 11 nitrogen and oxygen atoms in total. The number of nitrogens with two attached hydrogens (primary N) is 1. The average molecular weight is 505 g/mol. The van der Waals surface area contributed by atoms with Crippen molar-refractivity contribution < 1.29 is 19.1 Å². The van der Waals surface area contributed by atoms with Gasteiger partial charge >= 0.3 is 12.1 Å². The third-order valence-corrected chi connectivity index (χ3v) is 6.37. The van der Waals surface area contributed by atoms with Gasteiger partial charge < -0.3 is 26.4 Å². The maximum atomic E-state index is 15.1. The van der Waals surface area contributed by atoms with E-state index in [9.17, 15) is 14.7 Å². The summed E-state index contributed by atoms with van der Waals surface area (Å²) >= 11 is 0. The van der Waals surface area contributed by atoms with Crippen molar-refractivity contribution in [3.05, 3.63) is 60.2 Å². The van der Waals surface area contributed by atoms with Gasteiger partial charge in [0.1, 0.15) is 23.7 Å². The molecule has 12 heteroatoms. The lowest BCUT2D eigenvalue weighted by molar-refractivity contribution is 0.124. The van der Waals surface area contributed by atoms with Gasteiger partial charge in [-0.25, -0.2) is 28.6 Å². The molecule has 0 saturated carbocycles. The highest BCUT2D eigenvalue weighted by molar-refractivity contribution is 6.01. The highest BCUT2D eigenvalue weighted by atomic mass is 19.1. The minimum absolute atomic E-state index is 0.00269. The standard InChI is InChI=1S/C25H25FN8O3/c1-14-3-2-4-16(11-14)30-24(35)31-19-6-5-15(12-18(19)26)21-20-22(27)28-13-29-23(20)34(32-21)17-7-9-33(10-8-17)25(36)37/h2-6,11-13,17H,7-10H2,1H3,(H,36,37)(H2,27,28,29)(H2,30,31,35). The van der Waals surface area contributed by atoms with Crippen LogP contribution in [0.25, 0.3) is 22.3 Å². The quantitative estimate of drug-likeness (QED) is 0.320. The van der Waals surface area contributed by atoms with E-state index in [4.69, 9.17) is 10.8 Å². The van der Waals surface area contributed by atoms with Gasteiger partial charge in [0.2, 0.25) is 0 Å². The minimum atomic E-state index is -0.951. The molecule has 1 aliphatic rings. The van der Waals surface area contributed by atoms with E-state index in [1.165, 1.54) is 23.4 Å². The molecule has 0 bridgehead atoms. The van der Waals surface area contributed by atoms with Crippen LogP contribution in [0.5, 0.6) is 0 Å². The zero-order chi connectivity index (χ0) is 26.1. The van der Waals surface area contributed by atoms with Crippen molar-refractivity contribution in [3.63, 3.8) is 0 Å². The smallest absolute Gasteiger partial charge is 0.407 e. The second-order valence-electron chi connectivity index (χ2n) is 8.89. The Hall–Kier alpha value is -4.74. The zero-order valence-electron chi connectivity index (χ0n) is 20.0. The van der Waals surface area contributed by atoms with Gasteiger partial charge in [0.25, 0.3) is 0 Å². The van der Waals surface area contributed by atoms with Crippen LogP contribution in [-0.4, -0.2) is 55.0 Å². The van der Waals surface area contributed by atoms with Crippen LogP contribution < -0.4 is 16.4 Å². The van der Waals surface area contributed by atoms with Crippen molar-refractivity contribution in [2.24, 2.45) is 0 Å². The number of rotatable bonds is 4. The first-order valence-electron chi connectivity index (χ1n) is 11.7. The molecular formula is C25H25FN8O3. The molecule has 4 aromatic rings. The second-order valence-corrected chi connectivity index (χ2v) is 8.89. The number of benzene rings is 2. The van der Waals surface area contributed by atoms with Crippen molar-refractivity contribution in [1.29, 1.82) is 0 Å². The normalized spacial score (nSPS) is 14.1. The van der Waals surface area contributed by atoms with Gasteiger partial charge in [-0.1, -0.05) is 18.2 Å². The van der Waals surface area contributed by atoms with Crippen LogP contribution in [0.4, 0.5) is 31.2 Å². The molecule has 0 atom stereocenters. The number of aromatic nitrogens is 4. The second kappa shape index (κ2) is 9.72. The molecule has 5 rings (SSSR count). The first-order valence-corrected chi connectivity index (χ1v) is 11.7. The summed E-state index contributed by atoms with van der Waals surface area (Å²) in [6, 6.07) is 11.0. The first kappa shape index (κ1) is 24.0. The summed E-state index contributed by atoms with van der Waals surface area (Å²) in [5, 5.41) is 19.6. The Morgan fingerprint density at radius 1 is 1.11 bits per heavy atom. The first-order chi connectivity index (χ1) is 17.8. The lowest BCUT2D eigenvalue weighted by atomic mass is 10.1. The number of hydrogen-bond donors (Lipinski definition) is 4. The third-order valence-electron chi connectivity index (χ3n) is 6.37. The van der Waals surface area contributed by atoms with E-state index < -0.39 is 17.9 Å². The van der Waals surface area contributed by atoms with Gasteiger partial charge in [-0.15, -0.1) is 0 Å². The number of carbonyl (C=O) groups is 2. The molecule has 37 heavy (non-hydrogen) atoms. The van der Waals surface area contributed by atoms with Gasteiger partial charge in [-0.2, -0.15) is 5.10 Å². The van der Waals surface area contributed by atoms with E-state index in [0.29, 0.717) is 53.9 Å². The molecule has 1 saturated heterocycles. The van der Waals surface area contributed by atoms with E-state index in [1.807, 2.05) is 19.1 Å². The summed E-state index contributed by atoms with van der Waals surface area (Å²) in [4.78, 5) is 33.5. The van der Waals surface area contributed by atoms with E-state index in [-0.39, 0.29) is 17.5 Å². The van der Waals surface area contributed by atoms with Gasteiger partial charge in [-0.05, 0) is 49.6 Å². The number of piperidine rings is 1. The molecule has 2 aromatic carbocycles. The molecule has 1 aliphatic heterocycles. The summed E-state index contributed by atoms with van der Waals surface area (Å²) in [5.74, 6) is -0.445. The number of carboxylic acid groups (broad SMARTS) is 1. The molecule has 3 heterocycles. The molecule has 0 spiro atoms. The van der Waals surface area contributed by atoms with Crippen LogP contribution in [0.1, 0.15) is 24.4 Å². The fourth-order valence-electron chi connectivity index (χ4n) is 4.53. The van der Waals surface area contributed by atoms with E-state index in [1.54, 1.807) is 22.9 Å². The Morgan fingerprint density at radius 3 is 2.59 bits per heavy atom. The van der Waals surface area contributed by atoms with Crippen LogP contribution >= 0.6 is 0 Å². The highest BCUT2D eigenvalue weighted by Crippen LogP contribution is 2.35. The molecular weight excluding hydrogens is 479 g/mol.